The highest BCUT2D eigenvalue weighted by Gasteiger charge is 2.05. The molecule has 1 aromatic carbocycles. The van der Waals surface area contributed by atoms with Crippen LogP contribution in [0.15, 0.2) is 12.1 Å². The van der Waals surface area contributed by atoms with Crippen molar-refractivity contribution in [3.63, 3.8) is 0 Å². The molecule has 0 fully saturated rings. The Morgan fingerprint density at radius 3 is 2.27 bits per heavy atom. The first-order valence-electron chi connectivity index (χ1n) is 5.56. The molecule has 0 spiro atoms. The lowest BCUT2D eigenvalue weighted by Crippen LogP contribution is -2.06. The molecular weight excluding hydrogens is 186 g/mol. The van der Waals surface area contributed by atoms with Crippen molar-refractivity contribution < 1.29 is 4.74 Å². The molecule has 1 rings (SSSR count). The smallest absolute Gasteiger partial charge is 0.125 e. The number of hydrogen-bond donors (Lipinski definition) is 1. The van der Waals surface area contributed by atoms with E-state index in [1.54, 1.807) is 0 Å². The molecule has 1 aromatic rings. The maximum atomic E-state index is 5.73. The molecule has 0 atom stereocenters. The van der Waals surface area contributed by atoms with E-state index in [9.17, 15) is 0 Å². The molecule has 0 saturated carbocycles. The third-order valence-electron chi connectivity index (χ3n) is 2.35. The largest absolute Gasteiger partial charge is 0.493 e. The monoisotopic (exact) mass is 207 g/mol. The summed E-state index contributed by atoms with van der Waals surface area (Å²) in [4.78, 5) is 0. The number of hydrogen-bond acceptors (Lipinski definition) is 2. The van der Waals surface area contributed by atoms with E-state index >= 15 is 0 Å². The lowest BCUT2D eigenvalue weighted by molar-refractivity contribution is 0.313. The molecule has 0 radical (unpaired) electrons. The Morgan fingerprint density at radius 2 is 1.80 bits per heavy atom. The molecule has 15 heavy (non-hydrogen) atoms. The van der Waals surface area contributed by atoms with Crippen LogP contribution in [0.3, 0.4) is 0 Å². The lowest BCUT2D eigenvalue weighted by atomic mass is 10.1. The summed E-state index contributed by atoms with van der Waals surface area (Å²) in [7, 11) is 1.96. The van der Waals surface area contributed by atoms with Crippen LogP contribution < -0.4 is 10.1 Å². The second-order valence-corrected chi connectivity index (χ2v) is 3.94. The van der Waals surface area contributed by atoms with Gasteiger partial charge in [-0.05, 0) is 44.0 Å². The molecule has 2 nitrogen and oxygen atoms in total. The minimum absolute atomic E-state index is 0.799. The van der Waals surface area contributed by atoms with Crippen molar-refractivity contribution in [1.29, 1.82) is 0 Å². The highest BCUT2D eigenvalue weighted by Crippen LogP contribution is 2.24. The van der Waals surface area contributed by atoms with Crippen molar-refractivity contribution >= 4 is 0 Å². The zero-order valence-corrected chi connectivity index (χ0v) is 10.2. The van der Waals surface area contributed by atoms with Crippen molar-refractivity contribution in [3.05, 3.63) is 28.8 Å². The normalized spacial score (nSPS) is 10.4. The summed E-state index contributed by atoms with van der Waals surface area (Å²) in [6.45, 7) is 8.05. The van der Waals surface area contributed by atoms with E-state index in [-0.39, 0.29) is 0 Å². The molecule has 0 aromatic heterocycles. The maximum absolute atomic E-state index is 5.73. The predicted molar refractivity (Wildman–Crippen MR) is 64.5 cm³/mol. The molecular formula is C13H21NO. The first kappa shape index (κ1) is 12.1. The quantitative estimate of drug-likeness (QED) is 0.801. The first-order chi connectivity index (χ1) is 7.19. The Bertz CT molecular complexity index is 297. The lowest BCUT2D eigenvalue weighted by Gasteiger charge is -2.13. The van der Waals surface area contributed by atoms with Crippen molar-refractivity contribution in [2.45, 2.75) is 33.7 Å². The van der Waals surface area contributed by atoms with Gasteiger partial charge < -0.3 is 10.1 Å². The van der Waals surface area contributed by atoms with E-state index in [0.717, 1.165) is 25.3 Å². The first-order valence-corrected chi connectivity index (χ1v) is 5.56. The van der Waals surface area contributed by atoms with Gasteiger partial charge in [-0.15, -0.1) is 0 Å². The van der Waals surface area contributed by atoms with Crippen LogP contribution >= 0.6 is 0 Å². The molecule has 0 amide bonds. The highest BCUT2D eigenvalue weighted by molar-refractivity contribution is 5.43. The Morgan fingerprint density at radius 1 is 1.20 bits per heavy atom. The van der Waals surface area contributed by atoms with Gasteiger partial charge in [-0.2, -0.15) is 0 Å². The van der Waals surface area contributed by atoms with E-state index in [4.69, 9.17) is 4.74 Å². The van der Waals surface area contributed by atoms with E-state index in [2.05, 4.69) is 38.2 Å². The van der Waals surface area contributed by atoms with Gasteiger partial charge in [-0.1, -0.05) is 19.1 Å². The van der Waals surface area contributed by atoms with Crippen LogP contribution in [-0.2, 0) is 6.54 Å². The van der Waals surface area contributed by atoms with Crippen LogP contribution in [-0.4, -0.2) is 13.7 Å². The summed E-state index contributed by atoms with van der Waals surface area (Å²) in [6, 6.07) is 4.38. The molecule has 2 heteroatoms. The van der Waals surface area contributed by atoms with E-state index in [1.807, 2.05) is 7.05 Å². The average molecular weight is 207 g/mol. The van der Waals surface area contributed by atoms with Crippen LogP contribution in [0, 0.1) is 13.8 Å². The number of benzene rings is 1. The fourth-order valence-electron chi connectivity index (χ4n) is 1.78. The van der Waals surface area contributed by atoms with Crippen LogP contribution in [0.25, 0.3) is 0 Å². The number of ether oxygens (including phenoxy) is 1. The molecule has 0 unspecified atom stereocenters. The van der Waals surface area contributed by atoms with Crippen LogP contribution in [0.4, 0.5) is 0 Å². The second kappa shape index (κ2) is 5.76. The fraction of sp³-hybridized carbons (Fsp3) is 0.538. The van der Waals surface area contributed by atoms with E-state index in [0.29, 0.717) is 0 Å². The Balaban J connectivity index is 2.88. The zero-order chi connectivity index (χ0) is 11.3. The van der Waals surface area contributed by atoms with Gasteiger partial charge in [0.15, 0.2) is 0 Å². The topological polar surface area (TPSA) is 21.3 Å². The molecule has 0 heterocycles. The average Bonchev–Trinajstić information content (AvgIpc) is 2.17. The number of aryl methyl sites for hydroxylation is 2. The Hall–Kier alpha value is -1.02. The van der Waals surface area contributed by atoms with Crippen molar-refractivity contribution in [1.82, 2.24) is 5.32 Å². The minimum Gasteiger partial charge on any atom is -0.493 e. The van der Waals surface area contributed by atoms with Gasteiger partial charge in [0.1, 0.15) is 5.75 Å². The van der Waals surface area contributed by atoms with E-state index in [1.165, 1.54) is 16.7 Å². The predicted octanol–water partition coefficient (Wildman–Crippen LogP) is 2.81. The van der Waals surface area contributed by atoms with Gasteiger partial charge in [-0.25, -0.2) is 0 Å². The molecule has 0 saturated heterocycles. The van der Waals surface area contributed by atoms with Gasteiger partial charge >= 0.3 is 0 Å². The summed E-state index contributed by atoms with van der Waals surface area (Å²) in [6.07, 6.45) is 1.05. The Labute approximate surface area is 92.6 Å². The fourth-order valence-corrected chi connectivity index (χ4v) is 1.78. The van der Waals surface area contributed by atoms with Gasteiger partial charge in [0, 0.05) is 6.54 Å². The standard InChI is InChI=1S/C13H21NO/c1-5-6-15-13-10(2)7-12(9-14-4)8-11(13)3/h7-8,14H,5-6,9H2,1-4H3. The van der Waals surface area contributed by atoms with Crippen LogP contribution in [0.5, 0.6) is 5.75 Å². The van der Waals surface area contributed by atoms with Gasteiger partial charge in [-0.3, -0.25) is 0 Å². The van der Waals surface area contributed by atoms with Gasteiger partial charge in [0.2, 0.25) is 0 Å². The molecule has 84 valence electrons. The summed E-state index contributed by atoms with van der Waals surface area (Å²) < 4.78 is 5.73. The molecule has 1 N–H and O–H groups in total. The van der Waals surface area contributed by atoms with Crippen molar-refractivity contribution in [3.8, 4) is 5.75 Å². The van der Waals surface area contributed by atoms with Crippen LogP contribution in [0.2, 0.25) is 0 Å². The van der Waals surface area contributed by atoms with Crippen LogP contribution in [0.1, 0.15) is 30.0 Å². The molecule has 0 aliphatic carbocycles. The summed E-state index contributed by atoms with van der Waals surface area (Å²) in [5.74, 6) is 1.05. The van der Waals surface area contributed by atoms with Crippen molar-refractivity contribution in [2.24, 2.45) is 0 Å². The number of rotatable bonds is 5. The third kappa shape index (κ3) is 3.24. The molecule has 0 aliphatic rings. The zero-order valence-electron chi connectivity index (χ0n) is 10.2. The third-order valence-corrected chi connectivity index (χ3v) is 2.35. The minimum atomic E-state index is 0.799. The Kier molecular flexibility index (Phi) is 4.63. The van der Waals surface area contributed by atoms with Gasteiger partial charge in [0.05, 0.1) is 6.61 Å². The van der Waals surface area contributed by atoms with Gasteiger partial charge in [0.25, 0.3) is 0 Å². The summed E-state index contributed by atoms with van der Waals surface area (Å²) in [5, 5.41) is 3.16. The summed E-state index contributed by atoms with van der Waals surface area (Å²) >= 11 is 0. The maximum Gasteiger partial charge on any atom is 0.125 e. The second-order valence-electron chi connectivity index (χ2n) is 3.94. The number of nitrogens with one attached hydrogen (secondary N) is 1. The summed E-state index contributed by atoms with van der Waals surface area (Å²) in [5.41, 5.74) is 3.78. The van der Waals surface area contributed by atoms with Crippen molar-refractivity contribution in [2.75, 3.05) is 13.7 Å². The SMILES string of the molecule is CCCOc1c(C)cc(CNC)cc1C. The van der Waals surface area contributed by atoms with E-state index < -0.39 is 0 Å². The highest BCUT2D eigenvalue weighted by atomic mass is 16.5. The molecule has 0 bridgehead atoms. The molecule has 0 aliphatic heterocycles.